The van der Waals surface area contributed by atoms with Crippen molar-refractivity contribution in [3.05, 3.63) is 0 Å². The lowest BCUT2D eigenvalue weighted by atomic mass is 10.2. The van der Waals surface area contributed by atoms with Gasteiger partial charge in [-0.15, -0.1) is 0 Å². The number of esters is 1. The molecular formula is C12H22N2O4. The molecule has 1 aliphatic heterocycles. The smallest absolute Gasteiger partial charge is 0.307 e. The van der Waals surface area contributed by atoms with Crippen molar-refractivity contribution in [3.8, 4) is 0 Å². The van der Waals surface area contributed by atoms with E-state index in [2.05, 4.69) is 10.1 Å². The maximum Gasteiger partial charge on any atom is 0.307 e. The summed E-state index contributed by atoms with van der Waals surface area (Å²) in [4.78, 5) is 24.6. The molecule has 1 amide bonds. The van der Waals surface area contributed by atoms with Crippen LogP contribution in [-0.4, -0.2) is 62.8 Å². The summed E-state index contributed by atoms with van der Waals surface area (Å²) >= 11 is 0. The number of rotatable bonds is 6. The largest absolute Gasteiger partial charge is 0.469 e. The third-order valence-electron chi connectivity index (χ3n) is 2.90. The number of nitrogens with one attached hydrogen (secondary N) is 1. The van der Waals surface area contributed by atoms with Crippen molar-refractivity contribution >= 4 is 11.9 Å². The molecule has 1 saturated heterocycles. The van der Waals surface area contributed by atoms with E-state index < -0.39 is 0 Å². The van der Waals surface area contributed by atoms with Crippen LogP contribution in [0.4, 0.5) is 0 Å². The number of amides is 1. The Morgan fingerprint density at radius 3 is 2.67 bits per heavy atom. The molecule has 0 aliphatic carbocycles. The van der Waals surface area contributed by atoms with Crippen molar-refractivity contribution in [1.29, 1.82) is 0 Å². The monoisotopic (exact) mass is 258 g/mol. The van der Waals surface area contributed by atoms with E-state index in [0.717, 1.165) is 0 Å². The van der Waals surface area contributed by atoms with Crippen LogP contribution < -0.4 is 5.32 Å². The maximum atomic E-state index is 11.8. The fraction of sp³-hybridized carbons (Fsp3) is 0.833. The molecule has 0 aromatic heterocycles. The normalized spacial score (nSPS) is 17.3. The fourth-order valence-corrected chi connectivity index (χ4v) is 1.80. The first-order valence-electron chi connectivity index (χ1n) is 6.29. The Hall–Kier alpha value is -1.14. The molecule has 18 heavy (non-hydrogen) atoms. The van der Waals surface area contributed by atoms with Gasteiger partial charge >= 0.3 is 5.97 Å². The molecule has 0 saturated carbocycles. The van der Waals surface area contributed by atoms with Crippen molar-refractivity contribution in [3.63, 3.8) is 0 Å². The van der Waals surface area contributed by atoms with E-state index >= 15 is 0 Å². The van der Waals surface area contributed by atoms with Crippen molar-refractivity contribution < 1.29 is 19.1 Å². The molecule has 0 spiro atoms. The van der Waals surface area contributed by atoms with Crippen molar-refractivity contribution in [2.45, 2.75) is 25.8 Å². The van der Waals surface area contributed by atoms with E-state index in [1.54, 1.807) is 0 Å². The highest BCUT2D eigenvalue weighted by atomic mass is 16.5. The first-order valence-corrected chi connectivity index (χ1v) is 6.29. The Morgan fingerprint density at radius 1 is 1.39 bits per heavy atom. The number of ether oxygens (including phenoxy) is 2. The van der Waals surface area contributed by atoms with Gasteiger partial charge in [-0.2, -0.15) is 0 Å². The average Bonchev–Trinajstić information content (AvgIpc) is 2.39. The number of morpholine rings is 1. The first-order chi connectivity index (χ1) is 8.63. The topological polar surface area (TPSA) is 67.9 Å². The third-order valence-corrected chi connectivity index (χ3v) is 2.90. The summed E-state index contributed by atoms with van der Waals surface area (Å²) in [5, 5.41) is 3.14. The van der Waals surface area contributed by atoms with E-state index in [0.29, 0.717) is 45.7 Å². The second kappa shape index (κ2) is 8.05. The van der Waals surface area contributed by atoms with Gasteiger partial charge in [0.1, 0.15) is 0 Å². The van der Waals surface area contributed by atoms with Crippen LogP contribution in [-0.2, 0) is 19.1 Å². The molecule has 1 heterocycles. The van der Waals surface area contributed by atoms with Gasteiger partial charge in [0.25, 0.3) is 0 Å². The molecule has 1 unspecified atom stereocenters. The zero-order chi connectivity index (χ0) is 13.4. The second-order valence-corrected chi connectivity index (χ2v) is 4.38. The summed E-state index contributed by atoms with van der Waals surface area (Å²) in [6, 6.07) is 0.0231. The number of hydrogen-bond acceptors (Lipinski definition) is 5. The Bertz CT molecular complexity index is 277. The van der Waals surface area contributed by atoms with Crippen LogP contribution in [0.2, 0.25) is 0 Å². The lowest BCUT2D eigenvalue weighted by Crippen LogP contribution is -2.42. The Labute approximate surface area is 108 Å². The van der Waals surface area contributed by atoms with Crippen LogP contribution >= 0.6 is 0 Å². The lowest BCUT2D eigenvalue weighted by molar-refractivity contribution is -0.141. The predicted molar refractivity (Wildman–Crippen MR) is 66.1 cm³/mol. The van der Waals surface area contributed by atoms with Gasteiger partial charge in [0.05, 0.1) is 26.7 Å². The molecule has 1 atom stereocenters. The molecular weight excluding hydrogens is 236 g/mol. The van der Waals surface area contributed by atoms with Crippen LogP contribution in [0.5, 0.6) is 0 Å². The molecule has 1 N–H and O–H groups in total. The van der Waals surface area contributed by atoms with Crippen molar-refractivity contribution in [2.75, 3.05) is 40.0 Å². The van der Waals surface area contributed by atoms with Crippen LogP contribution in [0.25, 0.3) is 0 Å². The van der Waals surface area contributed by atoms with Gasteiger partial charge in [0.2, 0.25) is 5.91 Å². The number of carbonyl (C=O) groups excluding carboxylic acids is 2. The highest BCUT2D eigenvalue weighted by Gasteiger charge is 2.16. The maximum absolute atomic E-state index is 11.8. The number of hydrogen-bond donors (Lipinski definition) is 1. The SMILES string of the molecule is COC(=O)CC(C)NCCC(=O)N1CCOCC1. The summed E-state index contributed by atoms with van der Waals surface area (Å²) in [5.41, 5.74) is 0. The van der Waals surface area contributed by atoms with Gasteiger partial charge in [-0.3, -0.25) is 9.59 Å². The molecule has 1 aliphatic rings. The number of carbonyl (C=O) groups is 2. The molecule has 0 radical (unpaired) electrons. The van der Waals surface area contributed by atoms with E-state index in [4.69, 9.17) is 4.74 Å². The second-order valence-electron chi connectivity index (χ2n) is 4.38. The Morgan fingerprint density at radius 2 is 2.06 bits per heavy atom. The summed E-state index contributed by atoms with van der Waals surface area (Å²) < 4.78 is 9.76. The van der Waals surface area contributed by atoms with Gasteiger partial charge < -0.3 is 19.7 Å². The summed E-state index contributed by atoms with van der Waals surface area (Å²) in [6.07, 6.45) is 0.772. The van der Waals surface area contributed by atoms with Crippen LogP contribution in [0.15, 0.2) is 0 Å². The fourth-order valence-electron chi connectivity index (χ4n) is 1.80. The Balaban J connectivity index is 2.12. The molecule has 1 rings (SSSR count). The van der Waals surface area contributed by atoms with Gasteiger partial charge in [0.15, 0.2) is 0 Å². The quantitative estimate of drug-likeness (QED) is 0.667. The summed E-state index contributed by atoms with van der Waals surface area (Å²) in [6.45, 7) is 5.08. The van der Waals surface area contributed by atoms with Crippen LogP contribution in [0.1, 0.15) is 19.8 Å². The van der Waals surface area contributed by atoms with E-state index in [1.807, 2.05) is 11.8 Å². The van der Waals surface area contributed by atoms with Crippen molar-refractivity contribution in [2.24, 2.45) is 0 Å². The molecule has 0 aromatic rings. The van der Waals surface area contributed by atoms with E-state index in [1.165, 1.54) is 7.11 Å². The average molecular weight is 258 g/mol. The van der Waals surface area contributed by atoms with Gasteiger partial charge in [-0.25, -0.2) is 0 Å². The van der Waals surface area contributed by atoms with E-state index in [-0.39, 0.29) is 17.9 Å². The minimum Gasteiger partial charge on any atom is -0.469 e. The summed E-state index contributed by atoms with van der Waals surface area (Å²) in [5.74, 6) is -0.106. The molecule has 1 fully saturated rings. The minimum atomic E-state index is -0.241. The van der Waals surface area contributed by atoms with Crippen LogP contribution in [0.3, 0.4) is 0 Å². The zero-order valence-electron chi connectivity index (χ0n) is 11.1. The van der Waals surface area contributed by atoms with E-state index in [9.17, 15) is 9.59 Å². The zero-order valence-corrected chi connectivity index (χ0v) is 11.1. The highest BCUT2D eigenvalue weighted by molar-refractivity contribution is 5.76. The minimum absolute atomic E-state index is 0.0231. The molecule has 0 aromatic carbocycles. The molecule has 6 heteroatoms. The van der Waals surface area contributed by atoms with Crippen LogP contribution in [0, 0.1) is 0 Å². The lowest BCUT2D eigenvalue weighted by Gasteiger charge is -2.27. The first kappa shape index (κ1) is 14.9. The number of nitrogens with zero attached hydrogens (tertiary/aromatic N) is 1. The van der Waals surface area contributed by atoms with Gasteiger partial charge in [-0.05, 0) is 6.92 Å². The predicted octanol–water partition coefficient (Wildman–Crippen LogP) is -0.223. The van der Waals surface area contributed by atoms with Gasteiger partial charge in [-0.1, -0.05) is 0 Å². The Kier molecular flexibility index (Phi) is 6.67. The third kappa shape index (κ3) is 5.46. The number of methoxy groups -OCH3 is 1. The van der Waals surface area contributed by atoms with Gasteiger partial charge in [0, 0.05) is 32.1 Å². The molecule has 104 valence electrons. The molecule has 6 nitrogen and oxygen atoms in total. The standard InChI is InChI=1S/C12H22N2O4/c1-10(9-12(16)17-2)13-4-3-11(15)14-5-7-18-8-6-14/h10,13H,3-9H2,1-2H3. The van der Waals surface area contributed by atoms with Crippen molar-refractivity contribution in [1.82, 2.24) is 10.2 Å². The summed E-state index contributed by atoms with van der Waals surface area (Å²) in [7, 11) is 1.37. The molecule has 0 bridgehead atoms. The highest BCUT2D eigenvalue weighted by Crippen LogP contribution is 2.00.